The molecule has 12 heteroatoms. The van der Waals surface area contributed by atoms with E-state index in [1.807, 2.05) is 6.07 Å². The van der Waals surface area contributed by atoms with Gasteiger partial charge in [0.05, 0.1) is 24.3 Å². The van der Waals surface area contributed by atoms with E-state index in [2.05, 4.69) is 10.3 Å². The molecule has 2 aliphatic heterocycles. The Kier molecular flexibility index (Phi) is 4.86. The van der Waals surface area contributed by atoms with Gasteiger partial charge in [-0.3, -0.25) is 4.79 Å². The number of benzene rings is 1. The van der Waals surface area contributed by atoms with Gasteiger partial charge in [0.25, 0.3) is 6.43 Å². The molecule has 0 saturated carbocycles. The SMILES string of the molecule is N#Cc1c(NCC(N)=O)ccc2c1OCCn1cc(N3C(=O)OCC3C(F)F)nc1-2. The van der Waals surface area contributed by atoms with Crippen molar-refractivity contribution in [3.8, 4) is 23.2 Å². The van der Waals surface area contributed by atoms with Crippen LogP contribution in [0.4, 0.5) is 25.1 Å². The highest BCUT2D eigenvalue weighted by atomic mass is 19.3. The van der Waals surface area contributed by atoms with Crippen LogP contribution < -0.4 is 20.7 Å². The van der Waals surface area contributed by atoms with Crippen molar-refractivity contribution >= 4 is 23.5 Å². The fraction of sp³-hybridized carbons (Fsp3) is 0.333. The number of aromatic nitrogens is 2. The molecule has 1 aromatic carbocycles. The molecule has 1 fully saturated rings. The van der Waals surface area contributed by atoms with Crippen LogP contribution in [0.15, 0.2) is 18.3 Å². The molecule has 3 heterocycles. The van der Waals surface area contributed by atoms with E-state index in [9.17, 15) is 23.6 Å². The van der Waals surface area contributed by atoms with E-state index < -0.39 is 31.1 Å². The number of carbonyl (C=O) groups excluding carboxylic acids is 2. The lowest BCUT2D eigenvalue weighted by Crippen LogP contribution is -2.38. The topological polar surface area (TPSA) is 136 Å². The van der Waals surface area contributed by atoms with Gasteiger partial charge in [0.15, 0.2) is 5.82 Å². The Morgan fingerprint density at radius 2 is 2.23 bits per heavy atom. The number of hydrogen-bond acceptors (Lipinski definition) is 7. The van der Waals surface area contributed by atoms with Crippen LogP contribution >= 0.6 is 0 Å². The minimum Gasteiger partial charge on any atom is -0.489 e. The molecule has 156 valence electrons. The Hall–Kier alpha value is -3.88. The second-order valence-electron chi connectivity index (χ2n) is 6.61. The molecule has 2 aliphatic rings. The van der Waals surface area contributed by atoms with Gasteiger partial charge in [-0.05, 0) is 12.1 Å². The average molecular weight is 418 g/mol. The molecular weight excluding hydrogens is 402 g/mol. The van der Waals surface area contributed by atoms with Crippen molar-refractivity contribution in [3.05, 3.63) is 23.9 Å². The molecule has 1 atom stereocenters. The second-order valence-corrected chi connectivity index (χ2v) is 6.61. The van der Waals surface area contributed by atoms with E-state index in [4.69, 9.17) is 15.2 Å². The lowest BCUT2D eigenvalue weighted by atomic mass is 10.1. The molecule has 2 amide bonds. The number of hydrogen-bond donors (Lipinski definition) is 2. The smallest absolute Gasteiger partial charge is 0.416 e. The number of cyclic esters (lactones) is 1. The summed E-state index contributed by atoms with van der Waals surface area (Å²) in [5.41, 5.74) is 6.09. The third kappa shape index (κ3) is 3.24. The van der Waals surface area contributed by atoms with Crippen LogP contribution in [-0.4, -0.2) is 53.8 Å². The summed E-state index contributed by atoms with van der Waals surface area (Å²) >= 11 is 0. The number of nitrogens with two attached hydrogens (primary N) is 1. The molecule has 2 aromatic rings. The number of primary amides is 1. The number of nitriles is 1. The first-order chi connectivity index (χ1) is 14.4. The van der Waals surface area contributed by atoms with Crippen LogP contribution in [0, 0.1) is 11.3 Å². The van der Waals surface area contributed by atoms with Crippen molar-refractivity contribution in [2.75, 3.05) is 30.0 Å². The first-order valence-electron chi connectivity index (χ1n) is 8.94. The minimum absolute atomic E-state index is 0.0279. The number of nitrogens with zero attached hydrogens (tertiary/aromatic N) is 4. The zero-order valence-corrected chi connectivity index (χ0v) is 15.5. The Bertz CT molecular complexity index is 1060. The van der Waals surface area contributed by atoms with Gasteiger partial charge in [-0.1, -0.05) is 0 Å². The third-order valence-corrected chi connectivity index (χ3v) is 4.75. The van der Waals surface area contributed by atoms with E-state index in [0.717, 1.165) is 4.90 Å². The maximum absolute atomic E-state index is 13.3. The zero-order chi connectivity index (χ0) is 21.4. The monoisotopic (exact) mass is 418 g/mol. The van der Waals surface area contributed by atoms with Crippen LogP contribution in [0.2, 0.25) is 0 Å². The summed E-state index contributed by atoms with van der Waals surface area (Å²) in [4.78, 5) is 28.2. The van der Waals surface area contributed by atoms with Crippen LogP contribution in [0.1, 0.15) is 5.56 Å². The Balaban J connectivity index is 1.77. The molecule has 10 nitrogen and oxygen atoms in total. The molecule has 4 rings (SSSR count). The largest absolute Gasteiger partial charge is 0.489 e. The first kappa shape index (κ1) is 19.4. The summed E-state index contributed by atoms with van der Waals surface area (Å²) in [5.74, 6) is 0.0153. The van der Waals surface area contributed by atoms with E-state index in [0.29, 0.717) is 23.6 Å². The molecule has 1 aromatic heterocycles. The fourth-order valence-electron chi connectivity index (χ4n) is 3.38. The molecule has 0 aliphatic carbocycles. The second kappa shape index (κ2) is 7.51. The molecule has 0 bridgehead atoms. The number of nitrogens with one attached hydrogen (secondary N) is 1. The molecule has 3 N–H and O–H groups in total. The summed E-state index contributed by atoms with van der Waals surface area (Å²) in [6, 6.07) is 3.80. The number of halogens is 2. The Labute approximate surface area is 168 Å². The molecule has 1 unspecified atom stereocenters. The number of amides is 2. The van der Waals surface area contributed by atoms with Crippen LogP contribution in [0.5, 0.6) is 5.75 Å². The van der Waals surface area contributed by atoms with Crippen molar-refractivity contribution in [3.63, 3.8) is 0 Å². The van der Waals surface area contributed by atoms with Gasteiger partial charge >= 0.3 is 6.09 Å². The average Bonchev–Trinajstić information content (AvgIpc) is 3.25. The van der Waals surface area contributed by atoms with Crippen LogP contribution in [-0.2, 0) is 16.1 Å². The quantitative estimate of drug-likeness (QED) is 0.747. The number of carbonyl (C=O) groups is 2. The van der Waals surface area contributed by atoms with E-state index >= 15 is 0 Å². The van der Waals surface area contributed by atoms with E-state index in [1.54, 1.807) is 16.7 Å². The Morgan fingerprint density at radius 3 is 2.93 bits per heavy atom. The van der Waals surface area contributed by atoms with Gasteiger partial charge in [0, 0.05) is 6.20 Å². The number of anilines is 2. The van der Waals surface area contributed by atoms with Crippen LogP contribution in [0.25, 0.3) is 11.4 Å². The van der Waals surface area contributed by atoms with Gasteiger partial charge < -0.3 is 25.1 Å². The zero-order valence-electron chi connectivity index (χ0n) is 15.5. The number of fused-ring (bicyclic) bond motifs is 3. The standard InChI is InChI=1S/C18H16F2N6O4/c19-16(20)12-8-30-18(28)26(12)14-7-25-3-4-29-15-9(17(25)24-14)1-2-11(10(15)5-21)23-6-13(22)27/h1-2,7,12,16,23H,3-4,6,8H2,(H2,22,27). The third-order valence-electron chi connectivity index (χ3n) is 4.75. The number of alkyl halides is 2. The number of ether oxygens (including phenoxy) is 2. The molecule has 30 heavy (non-hydrogen) atoms. The molecule has 0 radical (unpaired) electrons. The maximum atomic E-state index is 13.3. The van der Waals surface area contributed by atoms with Crippen LogP contribution in [0.3, 0.4) is 0 Å². The number of rotatable bonds is 5. The van der Waals surface area contributed by atoms with E-state index in [1.165, 1.54) is 6.20 Å². The van der Waals surface area contributed by atoms with Gasteiger partial charge in [0.1, 0.15) is 42.5 Å². The van der Waals surface area contributed by atoms with Crippen molar-refractivity contribution in [1.29, 1.82) is 5.26 Å². The normalized spacial score (nSPS) is 17.5. The van der Waals surface area contributed by atoms with Crippen molar-refractivity contribution in [2.45, 2.75) is 19.0 Å². The van der Waals surface area contributed by atoms with Crippen molar-refractivity contribution in [1.82, 2.24) is 9.55 Å². The predicted octanol–water partition coefficient (Wildman–Crippen LogP) is 1.30. The lowest BCUT2D eigenvalue weighted by Gasteiger charge is -2.17. The van der Waals surface area contributed by atoms with Gasteiger partial charge in [-0.25, -0.2) is 23.5 Å². The maximum Gasteiger partial charge on any atom is 0.416 e. The van der Waals surface area contributed by atoms with Crippen molar-refractivity contribution < 1.29 is 27.8 Å². The summed E-state index contributed by atoms with van der Waals surface area (Å²) in [6.45, 7) is -0.106. The molecule has 0 spiro atoms. The molecule has 1 saturated heterocycles. The Morgan fingerprint density at radius 1 is 1.43 bits per heavy atom. The highest BCUT2D eigenvalue weighted by Gasteiger charge is 2.42. The van der Waals surface area contributed by atoms with E-state index in [-0.39, 0.29) is 30.3 Å². The van der Waals surface area contributed by atoms with Gasteiger partial charge in [-0.15, -0.1) is 0 Å². The van der Waals surface area contributed by atoms with Gasteiger partial charge in [-0.2, -0.15) is 5.26 Å². The summed E-state index contributed by atoms with van der Waals surface area (Å²) in [5, 5.41) is 12.4. The first-order valence-corrected chi connectivity index (χ1v) is 8.94. The van der Waals surface area contributed by atoms with Crippen molar-refractivity contribution in [2.24, 2.45) is 5.73 Å². The van der Waals surface area contributed by atoms with Gasteiger partial charge in [0.2, 0.25) is 5.91 Å². The summed E-state index contributed by atoms with van der Waals surface area (Å²) in [6.07, 6.45) is -2.22. The summed E-state index contributed by atoms with van der Waals surface area (Å²) < 4.78 is 38.8. The fourth-order valence-corrected chi connectivity index (χ4v) is 3.38. The minimum atomic E-state index is -2.79. The highest BCUT2D eigenvalue weighted by molar-refractivity contribution is 5.90. The summed E-state index contributed by atoms with van der Waals surface area (Å²) in [7, 11) is 0. The highest BCUT2D eigenvalue weighted by Crippen LogP contribution is 2.39. The predicted molar refractivity (Wildman–Crippen MR) is 99.2 cm³/mol. The number of imidazole rings is 1. The molecular formula is C18H16F2N6O4. The lowest BCUT2D eigenvalue weighted by molar-refractivity contribution is -0.116.